The quantitative estimate of drug-likeness (QED) is 0.491. The van der Waals surface area contributed by atoms with Crippen LogP contribution < -0.4 is 20.4 Å². The van der Waals surface area contributed by atoms with Crippen LogP contribution >= 0.6 is 23.6 Å². The zero-order valence-corrected chi connectivity index (χ0v) is 18.7. The molecule has 0 amide bonds. The van der Waals surface area contributed by atoms with Crippen LogP contribution in [0.15, 0.2) is 41.8 Å². The maximum atomic E-state index is 5.57. The van der Waals surface area contributed by atoms with Crippen molar-refractivity contribution in [2.24, 2.45) is 0 Å². The van der Waals surface area contributed by atoms with Gasteiger partial charge in [0.1, 0.15) is 32.2 Å². The summed E-state index contributed by atoms with van der Waals surface area (Å²) in [6.45, 7) is 8.02. The maximum Gasteiger partial charge on any atom is 0.171 e. The highest BCUT2D eigenvalue weighted by Gasteiger charge is 2.29. The SMILES string of the molecule is CCCCc1ccc(NC(=S)NC[C@H](c2cccs2)[NH+]2CC[NH+](C)CC2)cc1. The zero-order valence-electron chi connectivity index (χ0n) is 17.1. The molecule has 0 radical (unpaired) electrons. The molecule has 6 heteroatoms. The van der Waals surface area contributed by atoms with Gasteiger partial charge in [0.15, 0.2) is 5.11 Å². The lowest BCUT2D eigenvalue weighted by atomic mass is 10.1. The number of thiophene rings is 1. The van der Waals surface area contributed by atoms with Gasteiger partial charge in [0.2, 0.25) is 0 Å². The van der Waals surface area contributed by atoms with Crippen molar-refractivity contribution in [2.75, 3.05) is 45.1 Å². The lowest BCUT2D eigenvalue weighted by Crippen LogP contribution is -3.27. The molecule has 4 nitrogen and oxygen atoms in total. The van der Waals surface area contributed by atoms with E-state index in [1.165, 1.54) is 49.5 Å². The van der Waals surface area contributed by atoms with E-state index in [-0.39, 0.29) is 0 Å². The van der Waals surface area contributed by atoms with Crippen molar-refractivity contribution >= 4 is 34.4 Å². The fourth-order valence-electron chi connectivity index (χ4n) is 3.79. The molecule has 1 fully saturated rings. The molecule has 2 heterocycles. The molecule has 0 saturated carbocycles. The predicted molar refractivity (Wildman–Crippen MR) is 124 cm³/mol. The summed E-state index contributed by atoms with van der Waals surface area (Å²) in [6, 6.07) is 13.5. The summed E-state index contributed by atoms with van der Waals surface area (Å²) in [4.78, 5) is 4.76. The van der Waals surface area contributed by atoms with E-state index >= 15 is 0 Å². The molecule has 1 aromatic carbocycles. The first kappa shape index (κ1) is 21.2. The van der Waals surface area contributed by atoms with Crippen molar-refractivity contribution in [1.82, 2.24) is 5.32 Å². The summed E-state index contributed by atoms with van der Waals surface area (Å²) >= 11 is 7.43. The van der Waals surface area contributed by atoms with Crippen LogP contribution in [0.2, 0.25) is 0 Å². The minimum Gasteiger partial charge on any atom is -0.356 e. The third kappa shape index (κ3) is 6.27. The van der Waals surface area contributed by atoms with Crippen LogP contribution in [0, 0.1) is 0 Å². The van der Waals surface area contributed by atoms with Crippen LogP contribution in [0.3, 0.4) is 0 Å². The highest BCUT2D eigenvalue weighted by molar-refractivity contribution is 7.80. The molecule has 4 N–H and O–H groups in total. The van der Waals surface area contributed by atoms with Crippen LogP contribution in [-0.4, -0.2) is 44.9 Å². The molecule has 0 spiro atoms. The van der Waals surface area contributed by atoms with Gasteiger partial charge in [-0.15, -0.1) is 11.3 Å². The third-order valence-corrected chi connectivity index (χ3v) is 6.86. The molecule has 1 aliphatic rings. The van der Waals surface area contributed by atoms with Crippen LogP contribution in [0.1, 0.15) is 36.2 Å². The number of thiocarbonyl (C=S) groups is 1. The van der Waals surface area contributed by atoms with Gasteiger partial charge in [-0.3, -0.25) is 0 Å². The summed E-state index contributed by atoms with van der Waals surface area (Å²) < 4.78 is 0. The smallest absolute Gasteiger partial charge is 0.171 e. The average molecular weight is 419 g/mol. The van der Waals surface area contributed by atoms with E-state index in [2.05, 4.69) is 66.4 Å². The predicted octanol–water partition coefficient (Wildman–Crippen LogP) is 1.53. The fourth-order valence-corrected chi connectivity index (χ4v) is 4.87. The van der Waals surface area contributed by atoms with Crippen LogP contribution in [0.5, 0.6) is 0 Å². The molecule has 3 rings (SSSR count). The lowest BCUT2D eigenvalue weighted by molar-refractivity contribution is -1.02. The summed E-state index contributed by atoms with van der Waals surface area (Å²) in [5, 5.41) is 9.71. The van der Waals surface area contributed by atoms with Gasteiger partial charge in [-0.05, 0) is 54.2 Å². The van der Waals surface area contributed by atoms with Gasteiger partial charge in [-0.1, -0.05) is 31.5 Å². The van der Waals surface area contributed by atoms with E-state index in [1.54, 1.807) is 9.80 Å². The number of piperazine rings is 1. The Kier molecular flexibility index (Phi) is 8.27. The third-order valence-electron chi connectivity index (χ3n) is 5.62. The standard InChI is InChI=1S/C22H32N4S2/c1-3-4-6-18-8-10-19(11-9-18)24-22(27)23-17-20(21-7-5-16-28-21)26-14-12-25(2)13-15-26/h5,7-11,16,20H,3-4,6,12-15,17H2,1-2H3,(H2,23,24,27)/p+2/t20-/m1/s1. The van der Waals surface area contributed by atoms with Crippen molar-refractivity contribution in [3.05, 3.63) is 52.2 Å². The number of likely N-dealkylation sites (N-methyl/N-ethyl adjacent to an activating group) is 1. The van der Waals surface area contributed by atoms with Crippen molar-refractivity contribution in [3.63, 3.8) is 0 Å². The summed E-state index contributed by atoms with van der Waals surface area (Å²) in [6.07, 6.45) is 3.63. The van der Waals surface area contributed by atoms with Gasteiger partial charge >= 0.3 is 0 Å². The number of hydrogen-bond donors (Lipinski definition) is 4. The minimum absolute atomic E-state index is 0.462. The highest BCUT2D eigenvalue weighted by Crippen LogP contribution is 2.16. The van der Waals surface area contributed by atoms with E-state index < -0.39 is 0 Å². The maximum absolute atomic E-state index is 5.57. The molecule has 0 bridgehead atoms. The normalized spacial score (nSPS) is 20.5. The number of quaternary nitrogens is 2. The Labute approximate surface area is 178 Å². The molecular formula is C22H34N4S2+2. The van der Waals surface area contributed by atoms with Gasteiger partial charge in [0.05, 0.1) is 18.5 Å². The largest absolute Gasteiger partial charge is 0.356 e. The Balaban J connectivity index is 1.53. The van der Waals surface area contributed by atoms with Gasteiger partial charge in [0, 0.05) is 5.69 Å². The molecule has 1 atom stereocenters. The minimum atomic E-state index is 0.462. The zero-order chi connectivity index (χ0) is 19.8. The Bertz CT molecular complexity index is 707. The first-order valence-corrected chi connectivity index (χ1v) is 11.8. The monoisotopic (exact) mass is 418 g/mol. The van der Waals surface area contributed by atoms with Crippen molar-refractivity contribution in [1.29, 1.82) is 0 Å². The van der Waals surface area contributed by atoms with Gasteiger partial charge in [0.25, 0.3) is 0 Å². The Morgan fingerprint density at radius 1 is 1.14 bits per heavy atom. The molecule has 1 aliphatic heterocycles. The Hall–Kier alpha value is -1.47. The molecule has 1 saturated heterocycles. The summed E-state index contributed by atoms with van der Waals surface area (Å²) in [7, 11) is 2.29. The second-order valence-electron chi connectivity index (χ2n) is 7.82. The molecule has 0 aliphatic carbocycles. The summed E-state index contributed by atoms with van der Waals surface area (Å²) in [5.41, 5.74) is 2.45. The second-order valence-corrected chi connectivity index (χ2v) is 9.21. The van der Waals surface area contributed by atoms with E-state index in [0.29, 0.717) is 11.2 Å². The van der Waals surface area contributed by atoms with Gasteiger partial charge in [-0.25, -0.2) is 0 Å². The van der Waals surface area contributed by atoms with E-state index in [4.69, 9.17) is 12.2 Å². The number of nitrogens with one attached hydrogen (secondary N) is 4. The first-order chi connectivity index (χ1) is 13.7. The van der Waals surface area contributed by atoms with Crippen molar-refractivity contribution < 1.29 is 9.80 Å². The highest BCUT2D eigenvalue weighted by atomic mass is 32.1. The van der Waals surface area contributed by atoms with E-state index in [1.807, 2.05) is 11.3 Å². The van der Waals surface area contributed by atoms with Crippen molar-refractivity contribution in [2.45, 2.75) is 32.2 Å². The van der Waals surface area contributed by atoms with Gasteiger partial charge in [-0.2, -0.15) is 0 Å². The van der Waals surface area contributed by atoms with Crippen LogP contribution in [-0.2, 0) is 6.42 Å². The van der Waals surface area contributed by atoms with Crippen LogP contribution in [0.4, 0.5) is 5.69 Å². The second kappa shape index (κ2) is 10.9. The van der Waals surface area contributed by atoms with E-state index in [9.17, 15) is 0 Å². The molecular weight excluding hydrogens is 384 g/mol. The van der Waals surface area contributed by atoms with Gasteiger partial charge < -0.3 is 20.4 Å². The van der Waals surface area contributed by atoms with E-state index in [0.717, 1.165) is 18.7 Å². The summed E-state index contributed by atoms with van der Waals surface area (Å²) in [5.74, 6) is 0. The number of hydrogen-bond acceptors (Lipinski definition) is 2. The first-order valence-electron chi connectivity index (χ1n) is 10.5. The lowest BCUT2D eigenvalue weighted by Gasteiger charge is -2.33. The molecule has 0 unspecified atom stereocenters. The molecule has 2 aromatic rings. The fraction of sp³-hybridized carbons (Fsp3) is 0.500. The molecule has 152 valence electrons. The average Bonchev–Trinajstić information content (AvgIpc) is 3.23. The number of aryl methyl sites for hydroxylation is 1. The molecule has 28 heavy (non-hydrogen) atoms. The number of unbranched alkanes of at least 4 members (excludes halogenated alkanes) is 1. The molecule has 1 aromatic heterocycles. The number of benzene rings is 1. The Morgan fingerprint density at radius 3 is 2.54 bits per heavy atom. The number of anilines is 1. The number of rotatable bonds is 8. The van der Waals surface area contributed by atoms with Crippen molar-refractivity contribution in [3.8, 4) is 0 Å². The topological polar surface area (TPSA) is 32.9 Å². The Morgan fingerprint density at radius 2 is 1.89 bits per heavy atom. The van der Waals surface area contributed by atoms with Crippen LogP contribution in [0.25, 0.3) is 0 Å².